The zero-order valence-electron chi connectivity index (χ0n) is 18.0. The Labute approximate surface area is 196 Å². The molecule has 2 unspecified atom stereocenters. The van der Waals surface area contributed by atoms with E-state index in [1.54, 1.807) is 12.1 Å². The molecule has 12 heteroatoms. The van der Waals surface area contributed by atoms with Crippen molar-refractivity contribution in [2.24, 2.45) is 5.92 Å². The largest absolute Gasteiger partial charge is 0.481 e. The number of carbonyl (C=O) groups excluding carboxylic acids is 2. The molecule has 2 atom stereocenters. The van der Waals surface area contributed by atoms with Gasteiger partial charge in [-0.25, -0.2) is 13.6 Å². The smallest absolute Gasteiger partial charge is 0.407 e. The van der Waals surface area contributed by atoms with Gasteiger partial charge in [-0.3, -0.25) is 9.59 Å². The summed E-state index contributed by atoms with van der Waals surface area (Å²) >= 11 is 0. The zero-order chi connectivity index (χ0) is 25.8. The van der Waals surface area contributed by atoms with E-state index in [4.69, 9.17) is 9.84 Å². The predicted molar refractivity (Wildman–Crippen MR) is 113 cm³/mol. The number of nitrogens with one attached hydrogen (secondary N) is 2. The van der Waals surface area contributed by atoms with Gasteiger partial charge in [0.15, 0.2) is 5.92 Å². The number of rotatable bonds is 9. The van der Waals surface area contributed by atoms with Crippen molar-refractivity contribution in [3.05, 3.63) is 59.7 Å². The molecule has 0 saturated heterocycles. The number of hydrogen-bond acceptors (Lipinski definition) is 4. The van der Waals surface area contributed by atoms with Gasteiger partial charge in [-0.2, -0.15) is 13.2 Å². The van der Waals surface area contributed by atoms with Gasteiger partial charge in [0.25, 0.3) is 6.43 Å². The fourth-order valence-corrected chi connectivity index (χ4v) is 3.87. The van der Waals surface area contributed by atoms with E-state index < -0.39 is 55.5 Å². The van der Waals surface area contributed by atoms with E-state index in [1.807, 2.05) is 41.7 Å². The highest BCUT2D eigenvalue weighted by Gasteiger charge is 2.46. The summed E-state index contributed by atoms with van der Waals surface area (Å²) in [5.74, 6) is -6.85. The Morgan fingerprint density at radius 1 is 0.971 bits per heavy atom. The fourth-order valence-electron chi connectivity index (χ4n) is 3.87. The third-order valence-electron chi connectivity index (χ3n) is 5.53. The number of carboxylic acids is 1. The molecular weight excluding hydrogens is 479 g/mol. The van der Waals surface area contributed by atoms with Crippen LogP contribution in [0.15, 0.2) is 48.5 Å². The Bertz CT molecular complexity index is 1050. The molecule has 2 aromatic rings. The Balaban J connectivity index is 1.62. The summed E-state index contributed by atoms with van der Waals surface area (Å²) in [6.45, 7) is -1.47. The molecule has 0 aliphatic heterocycles. The molecule has 3 N–H and O–H groups in total. The molecular formula is C23H21F5N2O5. The first-order valence-electron chi connectivity index (χ1n) is 10.4. The first-order valence-corrected chi connectivity index (χ1v) is 10.4. The topological polar surface area (TPSA) is 105 Å². The highest BCUT2D eigenvalue weighted by Crippen LogP contribution is 2.44. The molecule has 0 saturated carbocycles. The highest BCUT2D eigenvalue weighted by molar-refractivity contribution is 5.82. The van der Waals surface area contributed by atoms with Gasteiger partial charge in [-0.05, 0) is 22.3 Å². The lowest BCUT2D eigenvalue weighted by atomic mass is 9.98. The number of benzene rings is 2. The van der Waals surface area contributed by atoms with Crippen molar-refractivity contribution < 1.29 is 46.2 Å². The maximum Gasteiger partial charge on any atom is 0.407 e. The van der Waals surface area contributed by atoms with Crippen molar-refractivity contribution in [3.63, 3.8) is 0 Å². The van der Waals surface area contributed by atoms with Crippen LogP contribution in [0.5, 0.6) is 0 Å². The van der Waals surface area contributed by atoms with Gasteiger partial charge in [-0.1, -0.05) is 48.5 Å². The number of fused-ring (bicyclic) bond motifs is 3. The van der Waals surface area contributed by atoms with Crippen LogP contribution in [0, 0.1) is 5.92 Å². The molecule has 3 rings (SSSR count). The van der Waals surface area contributed by atoms with Gasteiger partial charge in [0.1, 0.15) is 12.6 Å². The molecule has 188 valence electrons. The Hall–Kier alpha value is -3.70. The van der Waals surface area contributed by atoms with Gasteiger partial charge < -0.3 is 20.5 Å². The molecule has 0 bridgehead atoms. The number of aliphatic carboxylic acids is 1. The van der Waals surface area contributed by atoms with Gasteiger partial charge in [-0.15, -0.1) is 0 Å². The van der Waals surface area contributed by atoms with Crippen molar-refractivity contribution in [2.45, 2.75) is 31.0 Å². The minimum Gasteiger partial charge on any atom is -0.481 e. The first-order chi connectivity index (χ1) is 16.5. The maximum absolute atomic E-state index is 13.3. The van der Waals surface area contributed by atoms with Crippen LogP contribution in [0.3, 0.4) is 0 Å². The molecule has 0 radical (unpaired) electrons. The summed E-state index contributed by atoms with van der Waals surface area (Å²) in [6.07, 6.45) is -11.1. The van der Waals surface area contributed by atoms with Crippen LogP contribution in [-0.2, 0) is 14.3 Å². The first kappa shape index (κ1) is 25.9. The van der Waals surface area contributed by atoms with Gasteiger partial charge in [0.05, 0.1) is 6.42 Å². The fraction of sp³-hybridized carbons (Fsp3) is 0.348. The third kappa shape index (κ3) is 6.25. The average Bonchev–Trinajstić information content (AvgIpc) is 3.10. The van der Waals surface area contributed by atoms with Crippen LogP contribution in [0.4, 0.5) is 26.7 Å². The Morgan fingerprint density at radius 2 is 1.51 bits per heavy atom. The molecule has 2 aromatic carbocycles. The summed E-state index contributed by atoms with van der Waals surface area (Å²) in [5, 5.41) is 11.8. The molecule has 35 heavy (non-hydrogen) atoms. The normalized spacial score (nSPS) is 14.6. The Kier molecular flexibility index (Phi) is 7.92. The van der Waals surface area contributed by atoms with Crippen molar-refractivity contribution in [1.29, 1.82) is 0 Å². The molecule has 0 fully saturated rings. The quantitative estimate of drug-likeness (QED) is 0.453. The van der Waals surface area contributed by atoms with E-state index in [-0.39, 0.29) is 12.5 Å². The number of alkyl carbamates (subject to hydrolysis) is 1. The van der Waals surface area contributed by atoms with E-state index in [2.05, 4.69) is 0 Å². The second-order valence-electron chi connectivity index (χ2n) is 7.85. The van der Waals surface area contributed by atoms with Crippen LogP contribution >= 0.6 is 0 Å². The van der Waals surface area contributed by atoms with E-state index >= 15 is 0 Å². The molecule has 0 spiro atoms. The summed E-state index contributed by atoms with van der Waals surface area (Å²) in [7, 11) is 0. The molecule has 1 aliphatic carbocycles. The minimum atomic E-state index is -5.20. The Morgan fingerprint density at radius 3 is 2.00 bits per heavy atom. The zero-order valence-corrected chi connectivity index (χ0v) is 18.0. The lowest BCUT2D eigenvalue weighted by molar-refractivity contribution is -0.182. The molecule has 7 nitrogen and oxygen atoms in total. The van der Waals surface area contributed by atoms with Gasteiger partial charge in [0, 0.05) is 12.5 Å². The molecule has 1 aliphatic rings. The van der Waals surface area contributed by atoms with Crippen LogP contribution in [0.25, 0.3) is 11.1 Å². The number of halogens is 5. The number of alkyl halides is 5. The molecule has 0 aromatic heterocycles. The predicted octanol–water partition coefficient (Wildman–Crippen LogP) is 3.93. The van der Waals surface area contributed by atoms with E-state index in [9.17, 15) is 36.3 Å². The number of carbonyl (C=O) groups is 3. The summed E-state index contributed by atoms with van der Waals surface area (Å²) < 4.78 is 70.9. The highest BCUT2D eigenvalue weighted by atomic mass is 19.4. The van der Waals surface area contributed by atoms with Gasteiger partial charge in [0.2, 0.25) is 5.91 Å². The number of ether oxygens (including phenoxy) is 1. The van der Waals surface area contributed by atoms with Crippen molar-refractivity contribution >= 4 is 18.0 Å². The standard InChI is InChI=1S/C23H21F5N2O5/c24-20(25)18(9-19(31)32)30-21(33)17(23(26,27)28)10-29-22(34)35-11-16-14-7-3-1-5-12(14)13-6-2-4-8-15(13)16/h1-8,16-18,20H,9-11H2,(H,29,34)(H,30,33)(H,31,32). The number of amides is 2. The molecule has 0 heterocycles. The average molecular weight is 500 g/mol. The molecule has 2 amide bonds. The van der Waals surface area contributed by atoms with E-state index in [0.29, 0.717) is 0 Å². The lowest BCUT2D eigenvalue weighted by Crippen LogP contribution is -2.51. The lowest BCUT2D eigenvalue weighted by Gasteiger charge is -2.23. The summed E-state index contributed by atoms with van der Waals surface area (Å²) in [6, 6.07) is 12.5. The SMILES string of the molecule is O=C(O)CC(NC(=O)C(CNC(=O)OCC1c2ccccc2-c2ccccc21)C(F)(F)F)C(F)F. The van der Waals surface area contributed by atoms with Crippen molar-refractivity contribution in [3.8, 4) is 11.1 Å². The third-order valence-corrected chi connectivity index (χ3v) is 5.53. The second-order valence-corrected chi connectivity index (χ2v) is 7.85. The minimum absolute atomic E-state index is 0.186. The summed E-state index contributed by atoms with van der Waals surface area (Å²) in [4.78, 5) is 34.7. The van der Waals surface area contributed by atoms with Crippen molar-refractivity contribution in [1.82, 2.24) is 10.6 Å². The van der Waals surface area contributed by atoms with Crippen LogP contribution in [0.1, 0.15) is 23.5 Å². The van der Waals surface area contributed by atoms with Crippen LogP contribution < -0.4 is 10.6 Å². The maximum atomic E-state index is 13.3. The van der Waals surface area contributed by atoms with Crippen molar-refractivity contribution in [2.75, 3.05) is 13.2 Å². The van der Waals surface area contributed by atoms with Crippen LogP contribution in [0.2, 0.25) is 0 Å². The van der Waals surface area contributed by atoms with E-state index in [1.165, 1.54) is 5.32 Å². The second kappa shape index (κ2) is 10.7. The van der Waals surface area contributed by atoms with Gasteiger partial charge >= 0.3 is 18.2 Å². The monoisotopic (exact) mass is 500 g/mol. The summed E-state index contributed by atoms with van der Waals surface area (Å²) in [5.41, 5.74) is 3.65. The number of hydrogen-bond donors (Lipinski definition) is 3. The number of carboxylic acid groups (broad SMARTS) is 1. The van der Waals surface area contributed by atoms with Crippen LogP contribution in [-0.4, -0.2) is 54.9 Å². The van der Waals surface area contributed by atoms with E-state index in [0.717, 1.165) is 22.3 Å².